The highest BCUT2D eigenvalue weighted by atomic mass is 16.2. The van der Waals surface area contributed by atoms with Crippen LogP contribution in [0.5, 0.6) is 0 Å². The first-order valence-corrected chi connectivity index (χ1v) is 15.3. The number of piperazine rings is 1. The third kappa shape index (κ3) is 7.90. The van der Waals surface area contributed by atoms with E-state index in [9.17, 15) is 9.59 Å². The number of amides is 3. The van der Waals surface area contributed by atoms with Gasteiger partial charge in [0, 0.05) is 51.4 Å². The van der Waals surface area contributed by atoms with Crippen LogP contribution in [-0.2, 0) is 11.2 Å². The highest BCUT2D eigenvalue weighted by Crippen LogP contribution is 2.29. The minimum Gasteiger partial charge on any atom is -0.340 e. The molecule has 1 aliphatic rings. The molecule has 1 heterocycles. The molecule has 0 aromatic heterocycles. The van der Waals surface area contributed by atoms with Gasteiger partial charge >= 0.3 is 6.03 Å². The molecule has 4 aromatic rings. The lowest BCUT2D eigenvalue weighted by atomic mass is 9.96. The second kappa shape index (κ2) is 14.7. The molecule has 1 aliphatic heterocycles. The first-order valence-electron chi connectivity index (χ1n) is 15.3. The monoisotopic (exact) mass is 574 g/mol. The van der Waals surface area contributed by atoms with E-state index < -0.39 is 0 Å². The van der Waals surface area contributed by atoms with Crippen molar-refractivity contribution in [1.82, 2.24) is 14.7 Å². The molecule has 0 bridgehead atoms. The molecule has 1 saturated heterocycles. The van der Waals surface area contributed by atoms with Crippen molar-refractivity contribution in [2.75, 3.05) is 44.6 Å². The Morgan fingerprint density at radius 1 is 0.698 bits per heavy atom. The third-order valence-electron chi connectivity index (χ3n) is 8.37. The van der Waals surface area contributed by atoms with Crippen molar-refractivity contribution >= 4 is 17.6 Å². The van der Waals surface area contributed by atoms with Crippen LogP contribution < -0.4 is 5.32 Å². The quantitative estimate of drug-likeness (QED) is 0.229. The Morgan fingerprint density at radius 2 is 1.23 bits per heavy atom. The molecule has 43 heavy (non-hydrogen) atoms. The Labute approximate surface area is 255 Å². The van der Waals surface area contributed by atoms with Crippen LogP contribution in [0, 0.1) is 13.8 Å². The van der Waals surface area contributed by atoms with E-state index in [4.69, 9.17) is 0 Å². The number of anilines is 1. The Bertz CT molecular complexity index is 1410. The molecule has 0 radical (unpaired) electrons. The summed E-state index contributed by atoms with van der Waals surface area (Å²) in [5, 5.41) is 3.12. The molecule has 1 fully saturated rings. The van der Waals surface area contributed by atoms with Crippen LogP contribution >= 0.6 is 0 Å². The molecule has 5 rings (SSSR count). The zero-order valence-corrected chi connectivity index (χ0v) is 25.3. The average Bonchev–Trinajstić information content (AvgIpc) is 3.04. The predicted octanol–water partition coefficient (Wildman–Crippen LogP) is 6.70. The summed E-state index contributed by atoms with van der Waals surface area (Å²) in [5.41, 5.74) is 6.58. The van der Waals surface area contributed by atoms with Crippen LogP contribution in [0.1, 0.15) is 40.3 Å². The lowest BCUT2D eigenvalue weighted by Crippen LogP contribution is -2.50. The number of urea groups is 1. The fraction of sp³-hybridized carbons (Fsp3) is 0.297. The summed E-state index contributed by atoms with van der Waals surface area (Å²) >= 11 is 0. The molecule has 0 saturated carbocycles. The van der Waals surface area contributed by atoms with Crippen molar-refractivity contribution < 1.29 is 9.59 Å². The van der Waals surface area contributed by atoms with Crippen molar-refractivity contribution in [2.24, 2.45) is 0 Å². The number of carbonyl (C=O) groups excluding carboxylic acids is 2. The summed E-state index contributed by atoms with van der Waals surface area (Å²) < 4.78 is 0. The molecular formula is C37H42N4O2. The normalized spacial score (nSPS) is 13.6. The van der Waals surface area contributed by atoms with Crippen molar-refractivity contribution in [3.63, 3.8) is 0 Å². The van der Waals surface area contributed by atoms with Crippen LogP contribution in [-0.4, -0.2) is 65.9 Å². The highest BCUT2D eigenvalue weighted by molar-refractivity contribution is 5.91. The van der Waals surface area contributed by atoms with E-state index in [1.54, 1.807) is 4.90 Å². The Hall–Kier alpha value is -4.42. The van der Waals surface area contributed by atoms with Crippen molar-refractivity contribution in [3.05, 3.63) is 137 Å². The summed E-state index contributed by atoms with van der Waals surface area (Å²) in [4.78, 5) is 33.1. The molecule has 0 unspecified atom stereocenters. The molecule has 222 valence electrons. The summed E-state index contributed by atoms with van der Waals surface area (Å²) in [7, 11) is 0. The van der Waals surface area contributed by atoms with Gasteiger partial charge in [-0.25, -0.2) is 4.79 Å². The minimum atomic E-state index is -0.167. The molecule has 4 aromatic carbocycles. The number of nitrogens with zero attached hydrogens (tertiary/aromatic N) is 3. The zero-order chi connectivity index (χ0) is 30.0. The van der Waals surface area contributed by atoms with E-state index in [-0.39, 0.29) is 18.0 Å². The van der Waals surface area contributed by atoms with Crippen LogP contribution in [0.15, 0.2) is 109 Å². The predicted molar refractivity (Wildman–Crippen MR) is 174 cm³/mol. The lowest BCUT2D eigenvalue weighted by molar-refractivity contribution is -0.133. The minimum absolute atomic E-state index is 0.0974. The van der Waals surface area contributed by atoms with Gasteiger partial charge in [0.25, 0.3) is 0 Å². The second-order valence-corrected chi connectivity index (χ2v) is 11.3. The number of nitrogens with one attached hydrogen (secondary N) is 1. The number of carbonyl (C=O) groups is 2. The maximum absolute atomic E-state index is 13.5. The number of aryl methyl sites for hydroxylation is 2. The highest BCUT2D eigenvalue weighted by Gasteiger charge is 2.28. The van der Waals surface area contributed by atoms with E-state index in [2.05, 4.69) is 70.9 Å². The van der Waals surface area contributed by atoms with Crippen molar-refractivity contribution in [2.45, 2.75) is 32.7 Å². The molecule has 6 heteroatoms. The summed E-state index contributed by atoms with van der Waals surface area (Å²) in [6.45, 7) is 7.86. The number of rotatable bonds is 10. The second-order valence-electron chi connectivity index (χ2n) is 11.3. The van der Waals surface area contributed by atoms with Crippen molar-refractivity contribution in [1.29, 1.82) is 0 Å². The zero-order valence-electron chi connectivity index (χ0n) is 25.3. The molecule has 0 atom stereocenters. The number of para-hydroxylation sites is 1. The number of benzene rings is 4. The van der Waals surface area contributed by atoms with Gasteiger partial charge in [0.05, 0.1) is 6.04 Å². The van der Waals surface area contributed by atoms with Gasteiger partial charge in [0.1, 0.15) is 0 Å². The molecule has 0 spiro atoms. The van der Waals surface area contributed by atoms with Gasteiger partial charge in [-0.2, -0.15) is 0 Å². The van der Waals surface area contributed by atoms with Gasteiger partial charge < -0.3 is 15.1 Å². The molecular weight excluding hydrogens is 532 g/mol. The van der Waals surface area contributed by atoms with E-state index in [0.717, 1.165) is 36.3 Å². The lowest BCUT2D eigenvalue weighted by Gasteiger charge is -2.40. The molecule has 1 N–H and O–H groups in total. The fourth-order valence-corrected chi connectivity index (χ4v) is 5.92. The van der Waals surface area contributed by atoms with E-state index >= 15 is 0 Å². The topological polar surface area (TPSA) is 55.9 Å². The Kier molecular flexibility index (Phi) is 10.2. The van der Waals surface area contributed by atoms with E-state index in [1.807, 2.05) is 67.3 Å². The molecule has 0 aliphatic carbocycles. The van der Waals surface area contributed by atoms with E-state index in [1.165, 1.54) is 16.7 Å². The van der Waals surface area contributed by atoms with E-state index in [0.29, 0.717) is 32.6 Å². The Balaban J connectivity index is 1.21. The average molecular weight is 575 g/mol. The Morgan fingerprint density at radius 3 is 1.79 bits per heavy atom. The molecule has 6 nitrogen and oxygen atoms in total. The number of hydrogen-bond acceptors (Lipinski definition) is 3. The van der Waals surface area contributed by atoms with Gasteiger partial charge in [-0.3, -0.25) is 9.69 Å². The summed E-state index contributed by atoms with van der Waals surface area (Å²) in [5.74, 6) is 0.0974. The van der Waals surface area contributed by atoms with Gasteiger partial charge in [-0.1, -0.05) is 109 Å². The first-order chi connectivity index (χ1) is 21.0. The van der Waals surface area contributed by atoms with Crippen LogP contribution in [0.3, 0.4) is 0 Å². The molecule has 3 amide bonds. The largest absolute Gasteiger partial charge is 0.340 e. The number of hydrogen-bond donors (Lipinski definition) is 1. The smallest absolute Gasteiger partial charge is 0.321 e. The van der Waals surface area contributed by atoms with Crippen LogP contribution in [0.25, 0.3) is 0 Å². The SMILES string of the molecule is Cc1cccc(C)c1NC(=O)N(CCC(=O)N1CCN(C(c2ccccc2)c2ccccc2)CC1)CCc1ccccc1. The van der Waals surface area contributed by atoms with Gasteiger partial charge in [-0.05, 0) is 48.1 Å². The third-order valence-corrected chi connectivity index (χ3v) is 8.37. The first kappa shape index (κ1) is 30.1. The maximum Gasteiger partial charge on any atom is 0.321 e. The summed E-state index contributed by atoms with van der Waals surface area (Å²) in [6.07, 6.45) is 1.03. The van der Waals surface area contributed by atoms with Gasteiger partial charge in [0.2, 0.25) is 5.91 Å². The fourth-order valence-electron chi connectivity index (χ4n) is 5.92. The van der Waals surface area contributed by atoms with Crippen LogP contribution in [0.4, 0.5) is 10.5 Å². The van der Waals surface area contributed by atoms with Crippen molar-refractivity contribution in [3.8, 4) is 0 Å². The van der Waals surface area contributed by atoms with Gasteiger partial charge in [-0.15, -0.1) is 0 Å². The van der Waals surface area contributed by atoms with Gasteiger partial charge in [0.15, 0.2) is 0 Å². The standard InChI is InChI=1S/C37H42N4O2/c1-29-13-12-14-30(2)35(29)38-37(43)41(23-21-31-15-6-3-7-16-31)24-22-34(42)39-25-27-40(28-26-39)36(32-17-8-4-9-18-32)33-19-10-5-11-20-33/h3-20,36H,21-28H2,1-2H3,(H,38,43). The van der Waals surface area contributed by atoms with Crippen LogP contribution in [0.2, 0.25) is 0 Å². The summed E-state index contributed by atoms with van der Waals surface area (Å²) in [6, 6.07) is 37.3. The maximum atomic E-state index is 13.5.